The maximum absolute atomic E-state index is 12.3. The number of rotatable bonds is 2. The third-order valence-electron chi connectivity index (χ3n) is 9.66. The molecule has 0 aromatic heterocycles. The van der Waals surface area contributed by atoms with Crippen molar-refractivity contribution in [2.45, 2.75) is 64.5 Å². The molecule has 3 aliphatic carbocycles. The Morgan fingerprint density at radius 2 is 1.87 bits per heavy atom. The molecule has 1 aromatic rings. The van der Waals surface area contributed by atoms with Gasteiger partial charge in [0.1, 0.15) is 0 Å². The summed E-state index contributed by atoms with van der Waals surface area (Å²) in [6.07, 6.45) is 10.3. The van der Waals surface area contributed by atoms with E-state index in [1.807, 2.05) is 24.1 Å². The van der Waals surface area contributed by atoms with Crippen molar-refractivity contribution in [2.24, 2.45) is 34.5 Å². The van der Waals surface area contributed by atoms with Crippen molar-refractivity contribution in [1.29, 1.82) is 0 Å². The van der Waals surface area contributed by atoms with Crippen molar-refractivity contribution in [3.05, 3.63) is 47.0 Å². The van der Waals surface area contributed by atoms with Crippen LogP contribution in [0.1, 0.15) is 51.5 Å². The minimum absolute atomic E-state index is 0.0154. The number of amides is 1. The molecule has 0 spiro atoms. The lowest BCUT2D eigenvalue weighted by molar-refractivity contribution is -0.140. The topological polar surface area (TPSA) is 40.5 Å². The molecule has 0 bridgehead atoms. The number of fused-ring (bicyclic) bond motifs is 5. The fraction of sp³-hybridized carbons (Fsp3) is 0.654. The number of benzene rings is 1. The van der Waals surface area contributed by atoms with Crippen molar-refractivity contribution in [3.63, 3.8) is 0 Å². The molecule has 1 heterocycles. The zero-order valence-electron chi connectivity index (χ0n) is 18.4. The predicted octanol–water partition coefficient (Wildman–Crippen LogP) is 5.11. The highest BCUT2D eigenvalue weighted by molar-refractivity contribution is 6.30. The average molecular weight is 428 g/mol. The van der Waals surface area contributed by atoms with Crippen molar-refractivity contribution in [3.8, 4) is 0 Å². The van der Waals surface area contributed by atoms with Crippen LogP contribution in [0.4, 0.5) is 0 Å². The van der Waals surface area contributed by atoms with Crippen LogP contribution in [0.5, 0.6) is 0 Å². The molecular formula is C26H34ClNO2. The molecule has 0 radical (unpaired) electrons. The Bertz CT molecular complexity index is 866. The highest BCUT2D eigenvalue weighted by Crippen LogP contribution is 2.65. The van der Waals surface area contributed by atoms with Gasteiger partial charge in [0.25, 0.3) is 0 Å². The number of aliphatic hydroxyl groups is 1. The van der Waals surface area contributed by atoms with Crippen LogP contribution in [0.3, 0.4) is 0 Å². The average Bonchev–Trinajstić information content (AvgIpc) is 2.98. The van der Waals surface area contributed by atoms with Gasteiger partial charge in [-0.2, -0.15) is 0 Å². The largest absolute Gasteiger partial charge is 0.392 e. The van der Waals surface area contributed by atoms with Crippen LogP contribution < -0.4 is 0 Å². The Labute approximate surface area is 185 Å². The molecule has 162 valence electrons. The van der Waals surface area contributed by atoms with Crippen LogP contribution in [0.15, 0.2) is 36.4 Å². The Morgan fingerprint density at radius 1 is 1.13 bits per heavy atom. The summed E-state index contributed by atoms with van der Waals surface area (Å²) in [5.74, 6) is 2.27. The second-order valence-corrected chi connectivity index (χ2v) is 11.4. The van der Waals surface area contributed by atoms with Gasteiger partial charge in [-0.25, -0.2) is 0 Å². The molecule has 8 atom stereocenters. The summed E-state index contributed by atoms with van der Waals surface area (Å²) in [6, 6.07) is 8.44. The first-order valence-corrected chi connectivity index (χ1v) is 12.0. The number of carbonyl (C=O) groups is 1. The van der Waals surface area contributed by atoms with Gasteiger partial charge >= 0.3 is 0 Å². The van der Waals surface area contributed by atoms with Gasteiger partial charge in [-0.05, 0) is 91.4 Å². The van der Waals surface area contributed by atoms with Crippen LogP contribution in [0.25, 0.3) is 0 Å². The molecule has 0 saturated heterocycles. The van der Waals surface area contributed by atoms with E-state index in [0.717, 1.165) is 37.1 Å². The predicted molar refractivity (Wildman–Crippen MR) is 120 cm³/mol. The number of halogens is 1. The Balaban J connectivity index is 1.41. The quantitative estimate of drug-likeness (QED) is 0.712. The van der Waals surface area contributed by atoms with Crippen molar-refractivity contribution in [1.82, 2.24) is 4.90 Å². The molecular weight excluding hydrogens is 394 g/mol. The van der Waals surface area contributed by atoms with E-state index in [0.29, 0.717) is 29.7 Å². The summed E-state index contributed by atoms with van der Waals surface area (Å²) < 4.78 is 0. The smallest absolute Gasteiger partial charge is 0.246 e. The van der Waals surface area contributed by atoms with Gasteiger partial charge in [0.2, 0.25) is 5.91 Å². The number of likely N-dealkylation sites (N-methyl/N-ethyl adjacent to an activating group) is 1. The summed E-state index contributed by atoms with van der Waals surface area (Å²) in [7, 11) is 1.98. The van der Waals surface area contributed by atoms with Crippen LogP contribution in [-0.4, -0.2) is 35.1 Å². The maximum atomic E-state index is 12.3. The van der Waals surface area contributed by atoms with E-state index in [1.165, 1.54) is 12.0 Å². The third kappa shape index (κ3) is 2.92. The maximum Gasteiger partial charge on any atom is 0.246 e. The van der Waals surface area contributed by atoms with Gasteiger partial charge in [-0.15, -0.1) is 0 Å². The van der Waals surface area contributed by atoms with E-state index in [9.17, 15) is 9.90 Å². The molecule has 0 unspecified atom stereocenters. The lowest BCUT2D eigenvalue weighted by Gasteiger charge is -2.60. The molecule has 30 heavy (non-hydrogen) atoms. The van der Waals surface area contributed by atoms with Crippen molar-refractivity contribution < 1.29 is 9.90 Å². The van der Waals surface area contributed by atoms with Gasteiger partial charge < -0.3 is 10.0 Å². The number of carbonyl (C=O) groups excluding carboxylic acids is 1. The van der Waals surface area contributed by atoms with E-state index in [4.69, 9.17) is 11.6 Å². The van der Waals surface area contributed by atoms with E-state index >= 15 is 0 Å². The zero-order valence-corrected chi connectivity index (χ0v) is 19.1. The first-order valence-electron chi connectivity index (χ1n) is 11.6. The SMILES string of the molecule is CN1C(=O)C=C[C@]2(C)[C@H]3CC[C@]4(C)[C@@H](O)[C@H](Cc5ccc(Cl)cc5)C[C@H]4[C@@H]3CC[C@@H]12. The first-order chi connectivity index (χ1) is 14.2. The molecule has 1 aromatic carbocycles. The molecule has 1 N–H and O–H groups in total. The number of hydrogen-bond donors (Lipinski definition) is 1. The van der Waals surface area contributed by atoms with E-state index in [1.54, 1.807) is 6.08 Å². The summed E-state index contributed by atoms with van der Waals surface area (Å²) in [5, 5.41) is 12.2. The summed E-state index contributed by atoms with van der Waals surface area (Å²) in [6.45, 7) is 4.73. The second-order valence-electron chi connectivity index (χ2n) is 10.9. The Morgan fingerprint density at radius 3 is 2.60 bits per heavy atom. The second kappa shape index (κ2) is 7.10. The van der Waals surface area contributed by atoms with Crippen molar-refractivity contribution >= 4 is 17.5 Å². The van der Waals surface area contributed by atoms with Gasteiger partial charge in [-0.3, -0.25) is 4.79 Å². The fourth-order valence-electron chi connectivity index (χ4n) is 8.01. The third-order valence-corrected chi connectivity index (χ3v) is 9.91. The fourth-order valence-corrected chi connectivity index (χ4v) is 8.14. The van der Waals surface area contributed by atoms with Gasteiger partial charge in [-0.1, -0.05) is 43.7 Å². The summed E-state index contributed by atoms with van der Waals surface area (Å²) in [5.41, 5.74) is 1.35. The minimum atomic E-state index is -0.240. The van der Waals surface area contributed by atoms with Gasteiger partial charge in [0.15, 0.2) is 0 Å². The number of hydrogen-bond acceptors (Lipinski definition) is 2. The molecule has 3 saturated carbocycles. The highest BCUT2D eigenvalue weighted by Gasteiger charge is 2.62. The molecule has 1 amide bonds. The van der Waals surface area contributed by atoms with Crippen LogP contribution >= 0.6 is 11.6 Å². The van der Waals surface area contributed by atoms with E-state index in [-0.39, 0.29) is 22.8 Å². The monoisotopic (exact) mass is 427 g/mol. The van der Waals surface area contributed by atoms with Crippen LogP contribution in [-0.2, 0) is 11.2 Å². The normalized spacial score (nSPS) is 45.1. The molecule has 1 aliphatic heterocycles. The molecule has 3 fully saturated rings. The van der Waals surface area contributed by atoms with Gasteiger partial charge in [0, 0.05) is 23.5 Å². The molecule has 4 aliphatic rings. The standard InChI is InChI=1S/C26H34ClNO2/c1-25-13-11-23(29)28(3)22(25)9-8-19-20(25)10-12-26(2)21(19)15-17(24(26)30)14-16-4-6-18(27)7-5-16/h4-7,11,13,17,19-22,24,30H,8-10,12,14-15H2,1-3H3/t17-,19-,20+,21+,22-,24+,25-,26+/m1/s1. The summed E-state index contributed by atoms with van der Waals surface area (Å²) in [4.78, 5) is 14.2. The lowest BCUT2D eigenvalue weighted by atomic mass is 9.48. The minimum Gasteiger partial charge on any atom is -0.392 e. The molecule has 3 nitrogen and oxygen atoms in total. The van der Waals surface area contributed by atoms with E-state index < -0.39 is 0 Å². The van der Waals surface area contributed by atoms with Crippen molar-refractivity contribution in [2.75, 3.05) is 7.05 Å². The molecule has 5 rings (SSSR count). The highest BCUT2D eigenvalue weighted by atomic mass is 35.5. The molecule has 4 heteroatoms. The van der Waals surface area contributed by atoms with E-state index in [2.05, 4.69) is 32.1 Å². The zero-order chi connectivity index (χ0) is 21.3. The number of nitrogens with zero attached hydrogens (tertiary/aromatic N) is 1. The first kappa shape index (κ1) is 20.6. The lowest BCUT2D eigenvalue weighted by Crippen LogP contribution is -2.59. The Kier molecular flexibility index (Phi) is 4.87. The van der Waals surface area contributed by atoms with Gasteiger partial charge in [0.05, 0.1) is 6.10 Å². The van der Waals surface area contributed by atoms with Crippen LogP contribution in [0, 0.1) is 34.5 Å². The summed E-state index contributed by atoms with van der Waals surface area (Å²) >= 11 is 6.06. The van der Waals surface area contributed by atoms with Crippen LogP contribution in [0.2, 0.25) is 5.02 Å². The number of aliphatic hydroxyl groups excluding tert-OH is 1. The Hall–Kier alpha value is -1.32.